The summed E-state index contributed by atoms with van der Waals surface area (Å²) < 4.78 is 12.3. The topological polar surface area (TPSA) is 38.8 Å². The standard InChI is InChI=1S/C18H20BrNO3/c1-14(23-17-6-4-3-5-7-17)18(21)20(2)12-13-22-16-10-8-15(19)9-11-16/h3-11,14H,12-13H2,1-2H3. The Kier molecular flexibility index (Phi) is 6.47. The molecular weight excluding hydrogens is 358 g/mol. The van der Waals surface area contributed by atoms with Gasteiger partial charge in [-0.1, -0.05) is 34.1 Å². The summed E-state index contributed by atoms with van der Waals surface area (Å²) >= 11 is 3.38. The second-order valence-electron chi connectivity index (χ2n) is 5.14. The van der Waals surface area contributed by atoms with Gasteiger partial charge in [-0.2, -0.15) is 0 Å². The Hall–Kier alpha value is -2.01. The van der Waals surface area contributed by atoms with Gasteiger partial charge in [-0.25, -0.2) is 0 Å². The number of nitrogens with zero attached hydrogens (tertiary/aromatic N) is 1. The first-order valence-electron chi connectivity index (χ1n) is 7.41. The summed E-state index contributed by atoms with van der Waals surface area (Å²) in [4.78, 5) is 13.9. The number of halogens is 1. The van der Waals surface area contributed by atoms with Crippen LogP contribution in [0.25, 0.3) is 0 Å². The maximum atomic E-state index is 12.3. The van der Waals surface area contributed by atoms with Gasteiger partial charge in [0.25, 0.3) is 5.91 Å². The quantitative estimate of drug-likeness (QED) is 0.737. The van der Waals surface area contributed by atoms with Gasteiger partial charge in [0.1, 0.15) is 18.1 Å². The number of amides is 1. The highest BCUT2D eigenvalue weighted by atomic mass is 79.9. The van der Waals surface area contributed by atoms with E-state index in [1.165, 1.54) is 0 Å². The smallest absolute Gasteiger partial charge is 0.263 e. The van der Waals surface area contributed by atoms with Gasteiger partial charge in [0.15, 0.2) is 6.10 Å². The zero-order chi connectivity index (χ0) is 16.7. The van der Waals surface area contributed by atoms with E-state index in [9.17, 15) is 4.79 Å². The second kappa shape index (κ2) is 8.58. The lowest BCUT2D eigenvalue weighted by atomic mass is 10.3. The monoisotopic (exact) mass is 377 g/mol. The van der Waals surface area contributed by atoms with E-state index in [0.717, 1.165) is 10.2 Å². The molecule has 0 heterocycles. The van der Waals surface area contributed by atoms with Crippen molar-refractivity contribution in [2.75, 3.05) is 20.2 Å². The maximum absolute atomic E-state index is 12.3. The number of hydrogen-bond acceptors (Lipinski definition) is 3. The minimum atomic E-state index is -0.532. The molecule has 0 fully saturated rings. The van der Waals surface area contributed by atoms with E-state index in [1.807, 2.05) is 54.6 Å². The minimum absolute atomic E-state index is 0.0757. The van der Waals surface area contributed by atoms with Crippen molar-refractivity contribution >= 4 is 21.8 Å². The summed E-state index contributed by atoms with van der Waals surface area (Å²) in [6, 6.07) is 16.9. The van der Waals surface area contributed by atoms with E-state index in [1.54, 1.807) is 18.9 Å². The second-order valence-corrected chi connectivity index (χ2v) is 6.05. The molecule has 0 radical (unpaired) electrons. The molecule has 0 aliphatic carbocycles. The number of ether oxygens (including phenoxy) is 2. The highest BCUT2D eigenvalue weighted by molar-refractivity contribution is 9.10. The molecule has 0 aliphatic heterocycles. The molecule has 23 heavy (non-hydrogen) atoms. The molecule has 1 unspecified atom stereocenters. The minimum Gasteiger partial charge on any atom is -0.492 e. The molecule has 0 saturated carbocycles. The Morgan fingerprint density at radius 2 is 1.74 bits per heavy atom. The third-order valence-corrected chi connectivity index (χ3v) is 3.82. The molecule has 0 bridgehead atoms. The van der Waals surface area contributed by atoms with Crippen LogP contribution in [0.2, 0.25) is 0 Å². The first-order valence-corrected chi connectivity index (χ1v) is 8.20. The largest absolute Gasteiger partial charge is 0.492 e. The van der Waals surface area contributed by atoms with Crippen LogP contribution < -0.4 is 9.47 Å². The van der Waals surface area contributed by atoms with Gasteiger partial charge in [-0.05, 0) is 43.3 Å². The first kappa shape index (κ1) is 17.3. The van der Waals surface area contributed by atoms with Gasteiger partial charge < -0.3 is 14.4 Å². The number of para-hydroxylation sites is 1. The van der Waals surface area contributed by atoms with E-state index in [4.69, 9.17) is 9.47 Å². The fraction of sp³-hybridized carbons (Fsp3) is 0.278. The number of likely N-dealkylation sites (N-methyl/N-ethyl adjacent to an activating group) is 1. The highest BCUT2D eigenvalue weighted by Crippen LogP contribution is 2.16. The van der Waals surface area contributed by atoms with Crippen LogP contribution in [0, 0.1) is 0 Å². The van der Waals surface area contributed by atoms with E-state index < -0.39 is 6.10 Å². The van der Waals surface area contributed by atoms with Gasteiger partial charge in [-0.15, -0.1) is 0 Å². The summed E-state index contributed by atoms with van der Waals surface area (Å²) in [5.74, 6) is 1.39. The third kappa shape index (κ3) is 5.60. The number of carbonyl (C=O) groups excluding carboxylic acids is 1. The van der Waals surface area contributed by atoms with Crippen LogP contribution in [0.4, 0.5) is 0 Å². The number of benzene rings is 2. The average molecular weight is 378 g/mol. The van der Waals surface area contributed by atoms with Crippen LogP contribution in [-0.2, 0) is 4.79 Å². The molecule has 0 aromatic heterocycles. The number of rotatable bonds is 7. The van der Waals surface area contributed by atoms with Crippen molar-refractivity contribution in [1.29, 1.82) is 0 Å². The SMILES string of the molecule is CC(Oc1ccccc1)C(=O)N(C)CCOc1ccc(Br)cc1. The van der Waals surface area contributed by atoms with Crippen molar-refractivity contribution in [1.82, 2.24) is 4.90 Å². The van der Waals surface area contributed by atoms with E-state index >= 15 is 0 Å². The molecule has 1 atom stereocenters. The summed E-state index contributed by atoms with van der Waals surface area (Å²) in [7, 11) is 1.75. The molecule has 0 saturated heterocycles. The zero-order valence-electron chi connectivity index (χ0n) is 13.2. The lowest BCUT2D eigenvalue weighted by Crippen LogP contribution is -2.39. The Morgan fingerprint density at radius 1 is 1.09 bits per heavy atom. The van der Waals surface area contributed by atoms with Crippen LogP contribution in [0.15, 0.2) is 59.1 Å². The average Bonchev–Trinajstić information content (AvgIpc) is 2.56. The van der Waals surface area contributed by atoms with Gasteiger partial charge in [0.2, 0.25) is 0 Å². The molecule has 5 heteroatoms. The Morgan fingerprint density at radius 3 is 2.39 bits per heavy atom. The summed E-state index contributed by atoms with van der Waals surface area (Å²) in [5, 5.41) is 0. The molecule has 2 aromatic carbocycles. The summed E-state index contributed by atoms with van der Waals surface area (Å²) in [5.41, 5.74) is 0. The molecule has 2 rings (SSSR count). The summed E-state index contributed by atoms with van der Waals surface area (Å²) in [6.45, 7) is 2.68. The van der Waals surface area contributed by atoms with Gasteiger partial charge in [-0.3, -0.25) is 4.79 Å². The Balaban J connectivity index is 1.76. The lowest BCUT2D eigenvalue weighted by molar-refractivity contribution is -0.136. The molecule has 2 aromatic rings. The predicted octanol–water partition coefficient (Wildman–Crippen LogP) is 3.75. The van der Waals surface area contributed by atoms with Crippen molar-refractivity contribution in [2.24, 2.45) is 0 Å². The van der Waals surface area contributed by atoms with Crippen LogP contribution >= 0.6 is 15.9 Å². The first-order chi connectivity index (χ1) is 11.1. The molecule has 4 nitrogen and oxygen atoms in total. The van der Waals surface area contributed by atoms with E-state index in [-0.39, 0.29) is 5.91 Å². The predicted molar refractivity (Wildman–Crippen MR) is 93.8 cm³/mol. The van der Waals surface area contributed by atoms with Crippen LogP contribution in [0.5, 0.6) is 11.5 Å². The fourth-order valence-electron chi connectivity index (χ4n) is 2.01. The zero-order valence-corrected chi connectivity index (χ0v) is 14.8. The maximum Gasteiger partial charge on any atom is 0.263 e. The van der Waals surface area contributed by atoms with Gasteiger partial charge in [0.05, 0.1) is 6.54 Å². The van der Waals surface area contributed by atoms with Crippen LogP contribution in [-0.4, -0.2) is 37.1 Å². The molecule has 0 N–H and O–H groups in total. The van der Waals surface area contributed by atoms with Crippen molar-refractivity contribution in [3.05, 3.63) is 59.1 Å². The Bertz CT molecular complexity index is 616. The highest BCUT2D eigenvalue weighted by Gasteiger charge is 2.18. The van der Waals surface area contributed by atoms with Crippen LogP contribution in [0.1, 0.15) is 6.92 Å². The van der Waals surface area contributed by atoms with Crippen molar-refractivity contribution in [3.8, 4) is 11.5 Å². The van der Waals surface area contributed by atoms with Crippen molar-refractivity contribution < 1.29 is 14.3 Å². The van der Waals surface area contributed by atoms with E-state index in [0.29, 0.717) is 18.9 Å². The van der Waals surface area contributed by atoms with E-state index in [2.05, 4.69) is 15.9 Å². The number of carbonyl (C=O) groups is 1. The van der Waals surface area contributed by atoms with Crippen molar-refractivity contribution in [3.63, 3.8) is 0 Å². The lowest BCUT2D eigenvalue weighted by Gasteiger charge is -2.22. The third-order valence-electron chi connectivity index (χ3n) is 3.29. The van der Waals surface area contributed by atoms with Crippen LogP contribution in [0.3, 0.4) is 0 Å². The molecule has 0 spiro atoms. The van der Waals surface area contributed by atoms with Crippen molar-refractivity contribution in [2.45, 2.75) is 13.0 Å². The van der Waals surface area contributed by atoms with Gasteiger partial charge in [0, 0.05) is 11.5 Å². The Labute approximate surface area is 145 Å². The molecule has 1 amide bonds. The molecular formula is C18H20BrNO3. The number of hydrogen-bond donors (Lipinski definition) is 0. The summed E-state index contributed by atoms with van der Waals surface area (Å²) in [6.07, 6.45) is -0.532. The normalized spacial score (nSPS) is 11.6. The van der Waals surface area contributed by atoms with Gasteiger partial charge >= 0.3 is 0 Å². The molecule has 0 aliphatic rings. The molecule has 122 valence electrons. The fourth-order valence-corrected chi connectivity index (χ4v) is 2.27.